The minimum atomic E-state index is -0.339. The molecule has 0 aliphatic heterocycles. The van der Waals surface area contributed by atoms with Crippen LogP contribution in [0.2, 0.25) is 0 Å². The van der Waals surface area contributed by atoms with Crippen molar-refractivity contribution >= 4 is 16.9 Å². The number of nitrogens with one attached hydrogen (secondary N) is 1. The van der Waals surface area contributed by atoms with Gasteiger partial charge in [-0.2, -0.15) is 4.98 Å². The molecule has 4 nitrogen and oxygen atoms in total. The Morgan fingerprint density at radius 3 is 3.00 bits per heavy atom. The van der Waals surface area contributed by atoms with Gasteiger partial charge in [0.2, 0.25) is 0 Å². The number of aryl methyl sites for hydroxylation is 1. The first-order valence-electron chi connectivity index (χ1n) is 4.86. The number of rotatable bonds is 2. The summed E-state index contributed by atoms with van der Waals surface area (Å²) in [6, 6.07) is 5.83. The Bertz CT molecular complexity index is 546. The van der Waals surface area contributed by atoms with Crippen molar-refractivity contribution in [2.24, 2.45) is 0 Å². The summed E-state index contributed by atoms with van der Waals surface area (Å²) >= 11 is 0. The molecule has 2 rings (SSSR count). The van der Waals surface area contributed by atoms with E-state index in [2.05, 4.69) is 10.3 Å². The van der Waals surface area contributed by atoms with Gasteiger partial charge < -0.3 is 9.73 Å². The number of nitrogens with zero attached hydrogens (tertiary/aromatic N) is 1. The Morgan fingerprint density at radius 2 is 2.27 bits per heavy atom. The summed E-state index contributed by atoms with van der Waals surface area (Å²) in [5.41, 5.74) is 1.22. The Hall–Kier alpha value is -1.84. The molecule has 1 heterocycles. The highest BCUT2D eigenvalue weighted by atomic mass is 16.4. The van der Waals surface area contributed by atoms with Gasteiger partial charge in [-0.1, -0.05) is 12.1 Å². The normalized spacial score (nSPS) is 10.5. The molecule has 0 spiro atoms. The van der Waals surface area contributed by atoms with Crippen LogP contribution in [0, 0.1) is 6.92 Å². The fourth-order valence-electron chi connectivity index (χ4n) is 1.51. The third-order valence-corrected chi connectivity index (χ3v) is 2.19. The molecule has 0 saturated heterocycles. The molecule has 1 aromatic carbocycles. The summed E-state index contributed by atoms with van der Waals surface area (Å²) in [5.74, 6) is 0. The van der Waals surface area contributed by atoms with Crippen molar-refractivity contribution in [3.63, 3.8) is 0 Å². The highest BCUT2D eigenvalue weighted by Gasteiger charge is 2.06. The molecule has 0 atom stereocenters. The van der Waals surface area contributed by atoms with Crippen molar-refractivity contribution in [1.82, 2.24) is 4.98 Å². The zero-order valence-electron chi connectivity index (χ0n) is 8.70. The van der Waals surface area contributed by atoms with Crippen LogP contribution in [0.3, 0.4) is 0 Å². The minimum absolute atomic E-state index is 0.278. The number of hydrogen-bond acceptors (Lipinski definition) is 4. The third kappa shape index (κ3) is 1.70. The minimum Gasteiger partial charge on any atom is -0.389 e. The van der Waals surface area contributed by atoms with Crippen LogP contribution in [-0.4, -0.2) is 11.5 Å². The van der Waals surface area contributed by atoms with Gasteiger partial charge in [0.05, 0.1) is 10.9 Å². The van der Waals surface area contributed by atoms with Gasteiger partial charge in [-0.15, -0.1) is 0 Å². The predicted octanol–water partition coefficient (Wildman–Crippen LogP) is 1.93. The van der Waals surface area contributed by atoms with Crippen molar-refractivity contribution in [2.45, 2.75) is 13.8 Å². The van der Waals surface area contributed by atoms with Crippen molar-refractivity contribution in [2.75, 3.05) is 11.9 Å². The summed E-state index contributed by atoms with van der Waals surface area (Å²) < 4.78 is 5.03. The van der Waals surface area contributed by atoms with Gasteiger partial charge in [0.15, 0.2) is 0 Å². The first kappa shape index (κ1) is 9.71. The number of hydrogen-bond donors (Lipinski definition) is 1. The van der Waals surface area contributed by atoms with Gasteiger partial charge in [0.1, 0.15) is 0 Å². The van der Waals surface area contributed by atoms with E-state index in [1.807, 2.05) is 26.0 Å². The summed E-state index contributed by atoms with van der Waals surface area (Å²) in [4.78, 5) is 15.9. The molecule has 1 aromatic heterocycles. The summed E-state index contributed by atoms with van der Waals surface area (Å²) in [6.45, 7) is 4.46. The topological polar surface area (TPSA) is 55.1 Å². The lowest BCUT2D eigenvalue weighted by Crippen LogP contribution is -2.08. The van der Waals surface area contributed by atoms with Gasteiger partial charge in [-0.05, 0) is 25.5 Å². The molecule has 0 fully saturated rings. The van der Waals surface area contributed by atoms with Gasteiger partial charge in [0, 0.05) is 6.54 Å². The average Bonchev–Trinajstić information content (AvgIpc) is 2.17. The maximum absolute atomic E-state index is 11.6. The van der Waals surface area contributed by atoms with E-state index in [4.69, 9.17) is 4.42 Å². The molecule has 0 aliphatic rings. The van der Waals surface area contributed by atoms with Crippen molar-refractivity contribution in [1.29, 1.82) is 0 Å². The highest BCUT2D eigenvalue weighted by molar-refractivity contribution is 5.81. The van der Waals surface area contributed by atoms with E-state index in [9.17, 15) is 4.79 Å². The van der Waals surface area contributed by atoms with Crippen molar-refractivity contribution in [3.8, 4) is 0 Å². The summed E-state index contributed by atoms with van der Waals surface area (Å²) in [7, 11) is 0. The lowest BCUT2D eigenvalue weighted by Gasteiger charge is -2.03. The first-order valence-corrected chi connectivity index (χ1v) is 4.86. The molecule has 0 bridgehead atoms. The highest BCUT2D eigenvalue weighted by Crippen LogP contribution is 2.14. The summed E-state index contributed by atoms with van der Waals surface area (Å²) in [5, 5.41) is 3.44. The summed E-state index contributed by atoms with van der Waals surface area (Å²) in [6.07, 6.45) is 0. The molecule has 0 amide bonds. The van der Waals surface area contributed by atoms with E-state index in [0.717, 1.165) is 5.56 Å². The molecule has 0 aliphatic carbocycles. The lowest BCUT2D eigenvalue weighted by atomic mass is 10.1. The van der Waals surface area contributed by atoms with Crippen LogP contribution >= 0.6 is 0 Å². The Morgan fingerprint density at radius 1 is 1.47 bits per heavy atom. The molecule has 0 radical (unpaired) electrons. The Labute approximate surface area is 86.9 Å². The SMILES string of the molecule is CCNc1nc2cccc(C)c2c(=O)o1. The molecule has 0 saturated carbocycles. The van der Waals surface area contributed by atoms with Crippen molar-refractivity contribution in [3.05, 3.63) is 34.2 Å². The largest absolute Gasteiger partial charge is 0.389 e. The number of fused-ring (bicyclic) bond motifs is 1. The Kier molecular flexibility index (Phi) is 2.41. The monoisotopic (exact) mass is 204 g/mol. The van der Waals surface area contributed by atoms with Gasteiger partial charge in [-0.25, -0.2) is 4.79 Å². The number of anilines is 1. The van der Waals surface area contributed by atoms with E-state index in [1.165, 1.54) is 0 Å². The fraction of sp³-hybridized carbons (Fsp3) is 0.273. The van der Waals surface area contributed by atoms with Crippen LogP contribution in [0.15, 0.2) is 27.4 Å². The molecule has 1 N–H and O–H groups in total. The van der Waals surface area contributed by atoms with Gasteiger partial charge in [-0.3, -0.25) is 0 Å². The molecule has 2 aromatic rings. The fourth-order valence-corrected chi connectivity index (χ4v) is 1.51. The standard InChI is InChI=1S/C11H12N2O2/c1-3-12-11-13-8-6-4-5-7(2)9(8)10(14)15-11/h4-6H,3H2,1-2H3,(H,12,13). The maximum atomic E-state index is 11.6. The second kappa shape index (κ2) is 3.73. The van der Waals surface area contributed by atoms with Crippen LogP contribution in [0.4, 0.5) is 6.01 Å². The Balaban J connectivity index is 2.73. The average molecular weight is 204 g/mol. The second-order valence-electron chi connectivity index (χ2n) is 3.31. The molecular formula is C11H12N2O2. The molecular weight excluding hydrogens is 192 g/mol. The van der Waals surface area contributed by atoms with Crippen LogP contribution in [0.25, 0.3) is 10.9 Å². The van der Waals surface area contributed by atoms with Crippen LogP contribution in [0.5, 0.6) is 0 Å². The van der Waals surface area contributed by atoms with E-state index in [1.54, 1.807) is 6.07 Å². The zero-order chi connectivity index (χ0) is 10.8. The molecule has 15 heavy (non-hydrogen) atoms. The van der Waals surface area contributed by atoms with Crippen LogP contribution in [-0.2, 0) is 0 Å². The first-order chi connectivity index (χ1) is 7.22. The lowest BCUT2D eigenvalue weighted by molar-refractivity contribution is 0.517. The zero-order valence-corrected chi connectivity index (χ0v) is 8.70. The van der Waals surface area contributed by atoms with Gasteiger partial charge >= 0.3 is 5.63 Å². The number of aromatic nitrogens is 1. The predicted molar refractivity (Wildman–Crippen MR) is 59.2 cm³/mol. The van der Waals surface area contributed by atoms with Gasteiger partial charge in [0.25, 0.3) is 6.01 Å². The number of benzene rings is 1. The third-order valence-electron chi connectivity index (χ3n) is 2.19. The van der Waals surface area contributed by atoms with E-state index in [0.29, 0.717) is 17.4 Å². The molecule has 78 valence electrons. The molecule has 0 unspecified atom stereocenters. The maximum Gasteiger partial charge on any atom is 0.348 e. The smallest absolute Gasteiger partial charge is 0.348 e. The van der Waals surface area contributed by atoms with E-state index >= 15 is 0 Å². The second-order valence-corrected chi connectivity index (χ2v) is 3.31. The van der Waals surface area contributed by atoms with E-state index < -0.39 is 0 Å². The van der Waals surface area contributed by atoms with Crippen LogP contribution in [0.1, 0.15) is 12.5 Å². The molecule has 4 heteroatoms. The van der Waals surface area contributed by atoms with E-state index in [-0.39, 0.29) is 11.6 Å². The quantitative estimate of drug-likeness (QED) is 0.812. The van der Waals surface area contributed by atoms with Crippen molar-refractivity contribution < 1.29 is 4.42 Å². The van der Waals surface area contributed by atoms with Crippen LogP contribution < -0.4 is 10.9 Å².